The van der Waals surface area contributed by atoms with Crippen LogP contribution >= 0.6 is 0 Å². The van der Waals surface area contributed by atoms with E-state index in [1.165, 1.54) is 16.8 Å². The maximum atomic E-state index is 5.99. The van der Waals surface area contributed by atoms with Crippen molar-refractivity contribution in [3.05, 3.63) is 59.7 Å². The van der Waals surface area contributed by atoms with Crippen molar-refractivity contribution in [3.8, 4) is 5.75 Å². The summed E-state index contributed by atoms with van der Waals surface area (Å²) in [4.78, 5) is 6.73. The number of nitrogens with one attached hydrogen (secondary N) is 2. The summed E-state index contributed by atoms with van der Waals surface area (Å²) in [5, 5.41) is 6.77. The molecule has 0 aromatic heterocycles. The molecule has 1 aliphatic heterocycles. The van der Waals surface area contributed by atoms with Gasteiger partial charge < -0.3 is 25.0 Å². The minimum atomic E-state index is 0.0241. The molecule has 29 heavy (non-hydrogen) atoms. The van der Waals surface area contributed by atoms with Gasteiger partial charge in [-0.25, -0.2) is 0 Å². The van der Waals surface area contributed by atoms with Gasteiger partial charge in [-0.1, -0.05) is 30.3 Å². The molecule has 0 bridgehead atoms. The average Bonchev–Trinajstić information content (AvgIpc) is 2.75. The molecule has 156 valence electrons. The lowest BCUT2D eigenvalue weighted by molar-refractivity contribution is 0.122. The van der Waals surface area contributed by atoms with Crippen LogP contribution in [0.4, 0.5) is 5.69 Å². The van der Waals surface area contributed by atoms with Crippen molar-refractivity contribution < 1.29 is 9.47 Å². The van der Waals surface area contributed by atoms with Gasteiger partial charge in [-0.15, -0.1) is 0 Å². The van der Waals surface area contributed by atoms with Gasteiger partial charge >= 0.3 is 0 Å². The van der Waals surface area contributed by atoms with Crippen molar-refractivity contribution in [2.75, 3.05) is 44.8 Å². The Hall–Kier alpha value is -2.73. The predicted molar refractivity (Wildman–Crippen MR) is 119 cm³/mol. The minimum absolute atomic E-state index is 0.0241. The van der Waals surface area contributed by atoms with E-state index in [2.05, 4.69) is 64.7 Å². The van der Waals surface area contributed by atoms with E-state index in [-0.39, 0.29) is 6.10 Å². The highest BCUT2D eigenvalue weighted by Crippen LogP contribution is 2.21. The first-order valence-corrected chi connectivity index (χ1v) is 10.2. The van der Waals surface area contributed by atoms with Crippen LogP contribution in [0.15, 0.2) is 53.5 Å². The summed E-state index contributed by atoms with van der Waals surface area (Å²) >= 11 is 0. The molecule has 1 heterocycles. The first kappa shape index (κ1) is 21.0. The first-order chi connectivity index (χ1) is 14.2. The Morgan fingerprint density at radius 1 is 1.14 bits per heavy atom. The molecule has 0 radical (unpaired) electrons. The van der Waals surface area contributed by atoms with Gasteiger partial charge in [-0.3, -0.25) is 4.99 Å². The highest BCUT2D eigenvalue weighted by Gasteiger charge is 2.14. The molecule has 1 unspecified atom stereocenters. The van der Waals surface area contributed by atoms with E-state index in [0.717, 1.165) is 38.0 Å². The van der Waals surface area contributed by atoms with Crippen molar-refractivity contribution >= 4 is 11.6 Å². The molecule has 3 rings (SSSR count). The van der Waals surface area contributed by atoms with E-state index in [1.807, 2.05) is 18.2 Å². The number of nitrogens with zero attached hydrogens (tertiary/aromatic N) is 2. The molecule has 1 atom stereocenters. The van der Waals surface area contributed by atoms with Gasteiger partial charge in [0.2, 0.25) is 0 Å². The second-order valence-electron chi connectivity index (χ2n) is 7.28. The number of hydrogen-bond acceptors (Lipinski definition) is 4. The quantitative estimate of drug-likeness (QED) is 0.557. The third kappa shape index (κ3) is 6.39. The number of morpholine rings is 1. The lowest BCUT2D eigenvalue weighted by Gasteiger charge is -2.30. The summed E-state index contributed by atoms with van der Waals surface area (Å²) in [6, 6.07) is 16.6. The maximum Gasteiger partial charge on any atom is 0.191 e. The molecule has 0 aliphatic carbocycles. The fourth-order valence-electron chi connectivity index (χ4n) is 3.38. The number of anilines is 1. The molecule has 6 nitrogen and oxygen atoms in total. The monoisotopic (exact) mass is 396 g/mol. The second kappa shape index (κ2) is 10.7. The van der Waals surface area contributed by atoms with Crippen LogP contribution in [0.25, 0.3) is 0 Å². The van der Waals surface area contributed by atoms with Gasteiger partial charge in [0.1, 0.15) is 11.9 Å². The van der Waals surface area contributed by atoms with Crippen LogP contribution in [0.1, 0.15) is 18.1 Å². The number of rotatable bonds is 7. The molecular weight excluding hydrogens is 364 g/mol. The van der Waals surface area contributed by atoms with Crippen LogP contribution in [0.3, 0.4) is 0 Å². The summed E-state index contributed by atoms with van der Waals surface area (Å²) in [6.45, 7) is 8.91. The lowest BCUT2D eigenvalue weighted by atomic mass is 10.1. The smallest absolute Gasteiger partial charge is 0.191 e. The molecule has 2 aromatic rings. The maximum absolute atomic E-state index is 5.99. The van der Waals surface area contributed by atoms with Crippen molar-refractivity contribution in [3.63, 3.8) is 0 Å². The number of aliphatic imine (C=N–C) groups is 1. The van der Waals surface area contributed by atoms with Crippen LogP contribution in [-0.2, 0) is 11.3 Å². The Bertz CT molecular complexity index is 803. The van der Waals surface area contributed by atoms with E-state index in [1.54, 1.807) is 7.05 Å². The number of ether oxygens (including phenoxy) is 2. The SMILES string of the molecule is CN=C(NCc1ccccc1N1CCOCC1)NCC(C)Oc1cccc(C)c1. The first-order valence-electron chi connectivity index (χ1n) is 10.2. The summed E-state index contributed by atoms with van der Waals surface area (Å²) in [7, 11) is 1.79. The average molecular weight is 397 g/mol. The molecule has 1 aliphatic rings. The molecule has 1 saturated heterocycles. The van der Waals surface area contributed by atoms with Gasteiger partial charge in [-0.05, 0) is 43.2 Å². The van der Waals surface area contributed by atoms with Gasteiger partial charge in [0.15, 0.2) is 5.96 Å². The second-order valence-corrected chi connectivity index (χ2v) is 7.28. The fourth-order valence-corrected chi connectivity index (χ4v) is 3.38. The Morgan fingerprint density at radius 2 is 1.93 bits per heavy atom. The number of guanidine groups is 1. The van der Waals surface area contributed by atoms with Crippen molar-refractivity contribution in [2.45, 2.75) is 26.5 Å². The number of hydrogen-bond donors (Lipinski definition) is 2. The molecule has 2 aromatic carbocycles. The topological polar surface area (TPSA) is 58.1 Å². The predicted octanol–water partition coefficient (Wildman–Crippen LogP) is 2.96. The van der Waals surface area contributed by atoms with Crippen molar-refractivity contribution in [1.29, 1.82) is 0 Å². The molecule has 0 saturated carbocycles. The zero-order valence-corrected chi connectivity index (χ0v) is 17.6. The number of para-hydroxylation sites is 1. The molecule has 0 amide bonds. The third-order valence-electron chi connectivity index (χ3n) is 4.90. The Morgan fingerprint density at radius 3 is 2.69 bits per heavy atom. The molecule has 1 fully saturated rings. The van der Waals surface area contributed by atoms with E-state index in [0.29, 0.717) is 13.1 Å². The fraction of sp³-hybridized carbons (Fsp3) is 0.435. The van der Waals surface area contributed by atoms with E-state index < -0.39 is 0 Å². The van der Waals surface area contributed by atoms with Crippen LogP contribution in [0.2, 0.25) is 0 Å². The number of benzene rings is 2. The van der Waals surface area contributed by atoms with E-state index >= 15 is 0 Å². The highest BCUT2D eigenvalue weighted by molar-refractivity contribution is 5.79. The van der Waals surface area contributed by atoms with Gasteiger partial charge in [-0.2, -0.15) is 0 Å². The van der Waals surface area contributed by atoms with E-state index in [9.17, 15) is 0 Å². The highest BCUT2D eigenvalue weighted by atomic mass is 16.5. The zero-order valence-electron chi connectivity index (χ0n) is 17.6. The van der Waals surface area contributed by atoms with Crippen LogP contribution < -0.4 is 20.3 Å². The van der Waals surface area contributed by atoms with Crippen molar-refractivity contribution in [1.82, 2.24) is 10.6 Å². The summed E-state index contributed by atoms with van der Waals surface area (Å²) in [5.74, 6) is 1.66. The number of aryl methyl sites for hydroxylation is 1. The van der Waals surface area contributed by atoms with E-state index in [4.69, 9.17) is 9.47 Å². The Labute approximate surface area is 173 Å². The molecule has 0 spiro atoms. The van der Waals surface area contributed by atoms with Gasteiger partial charge in [0, 0.05) is 32.4 Å². The standard InChI is InChI=1S/C23H32N4O2/c1-18-7-6-9-21(15-18)29-19(2)16-25-23(24-3)26-17-20-8-4-5-10-22(20)27-11-13-28-14-12-27/h4-10,15,19H,11-14,16-17H2,1-3H3,(H2,24,25,26). The lowest BCUT2D eigenvalue weighted by Crippen LogP contribution is -2.42. The molecule has 2 N–H and O–H groups in total. The summed E-state index contributed by atoms with van der Waals surface area (Å²) in [5.41, 5.74) is 3.70. The molecular formula is C23H32N4O2. The van der Waals surface area contributed by atoms with Crippen LogP contribution in [-0.4, -0.2) is 52.0 Å². The summed E-state index contributed by atoms with van der Waals surface area (Å²) < 4.78 is 11.5. The minimum Gasteiger partial charge on any atom is -0.489 e. The van der Waals surface area contributed by atoms with Gasteiger partial charge in [0.25, 0.3) is 0 Å². The van der Waals surface area contributed by atoms with Crippen molar-refractivity contribution in [2.24, 2.45) is 4.99 Å². The van der Waals surface area contributed by atoms with Crippen LogP contribution in [0.5, 0.6) is 5.75 Å². The Balaban J connectivity index is 1.50. The third-order valence-corrected chi connectivity index (χ3v) is 4.90. The van der Waals surface area contributed by atoms with Crippen LogP contribution in [0, 0.1) is 6.92 Å². The Kier molecular flexibility index (Phi) is 7.76. The zero-order chi connectivity index (χ0) is 20.5. The largest absolute Gasteiger partial charge is 0.489 e. The molecule has 6 heteroatoms. The normalized spacial score (nSPS) is 15.7. The van der Waals surface area contributed by atoms with Gasteiger partial charge in [0.05, 0.1) is 19.8 Å². The summed E-state index contributed by atoms with van der Waals surface area (Å²) in [6.07, 6.45) is 0.0241.